The van der Waals surface area contributed by atoms with Gasteiger partial charge in [0.05, 0.1) is 0 Å². The van der Waals surface area contributed by atoms with Crippen molar-refractivity contribution in [3.05, 3.63) is 13.3 Å². The first-order valence-electron chi connectivity index (χ1n) is 2.40. The van der Waals surface area contributed by atoms with Gasteiger partial charge in [-0.25, -0.2) is 0 Å². The molecular weight excluding hydrogens is 161 g/mol. The van der Waals surface area contributed by atoms with Crippen molar-refractivity contribution in [1.82, 2.24) is 0 Å². The molecular formula is C6H14Y+. The van der Waals surface area contributed by atoms with Gasteiger partial charge in [0, 0.05) is 0 Å². The molecule has 1 heteroatoms. The first kappa shape index (κ1) is 15.7. The third-order valence-corrected chi connectivity index (χ3v) is 0.408. The predicted molar refractivity (Wildman–Crippen MR) is 31.3 cm³/mol. The fraction of sp³-hybridized carbons (Fsp3) is 0.667. The molecule has 7 heavy (non-hydrogen) atoms. The van der Waals surface area contributed by atoms with E-state index in [0.29, 0.717) is 0 Å². The smallest absolute Gasteiger partial charge is 0.346 e. The summed E-state index contributed by atoms with van der Waals surface area (Å²) in [4.78, 5) is 0. The van der Waals surface area contributed by atoms with Gasteiger partial charge in [0.2, 0.25) is 0 Å². The van der Waals surface area contributed by atoms with Crippen molar-refractivity contribution in [2.45, 2.75) is 27.2 Å². The summed E-state index contributed by atoms with van der Waals surface area (Å²) >= 11 is 0. The topological polar surface area (TPSA) is 0 Å². The molecule has 0 aromatic rings. The normalized spacial score (nSPS) is 5.14. The summed E-state index contributed by atoms with van der Waals surface area (Å²) in [6, 6.07) is 0. The molecule has 0 aliphatic heterocycles. The molecule has 0 saturated carbocycles. The standard InChI is InChI=1S/C4H9.C2H5.Y/c1-3-4-2;1-2;/h3H,4H2,1-2H3;1H2,2H3;/q2*-1;+3. The minimum Gasteiger partial charge on any atom is -0.346 e. The van der Waals surface area contributed by atoms with Crippen LogP contribution in [0.1, 0.15) is 27.2 Å². The summed E-state index contributed by atoms with van der Waals surface area (Å²) in [5.41, 5.74) is 0. The van der Waals surface area contributed by atoms with Gasteiger partial charge in [-0.1, -0.05) is 6.92 Å². The quantitative estimate of drug-likeness (QED) is 0.537. The van der Waals surface area contributed by atoms with E-state index in [4.69, 9.17) is 0 Å². The van der Waals surface area contributed by atoms with Gasteiger partial charge in [0.25, 0.3) is 0 Å². The van der Waals surface area contributed by atoms with Gasteiger partial charge in [-0.05, 0) is 0 Å². The average Bonchev–Trinajstić information content (AvgIpc) is 1.72. The molecule has 0 aliphatic rings. The van der Waals surface area contributed by atoms with Crippen molar-refractivity contribution in [2.75, 3.05) is 0 Å². The van der Waals surface area contributed by atoms with Crippen LogP contribution in [-0.4, -0.2) is 0 Å². The molecule has 0 atom stereocenters. The summed E-state index contributed by atoms with van der Waals surface area (Å²) in [7, 11) is 0. The number of rotatable bonds is 1. The molecule has 0 aliphatic carbocycles. The van der Waals surface area contributed by atoms with E-state index >= 15 is 0 Å². The van der Waals surface area contributed by atoms with Crippen LogP contribution in [0.5, 0.6) is 0 Å². The Kier molecular flexibility index (Phi) is 61.6. The number of unbranched alkanes of at least 4 members (excludes halogenated alkanes) is 1. The van der Waals surface area contributed by atoms with Gasteiger partial charge in [-0.3, -0.25) is 0 Å². The van der Waals surface area contributed by atoms with Gasteiger partial charge in [0.1, 0.15) is 0 Å². The van der Waals surface area contributed by atoms with Crippen molar-refractivity contribution in [1.29, 1.82) is 0 Å². The molecule has 0 saturated heterocycles. The van der Waals surface area contributed by atoms with Crippen LogP contribution in [0, 0.1) is 13.3 Å². The molecule has 0 heterocycles. The van der Waals surface area contributed by atoms with Crippen LogP contribution >= 0.6 is 0 Å². The van der Waals surface area contributed by atoms with E-state index in [1.807, 2.05) is 0 Å². The van der Waals surface area contributed by atoms with Crippen LogP contribution in [0.25, 0.3) is 0 Å². The largest absolute Gasteiger partial charge is 3.00 e. The van der Waals surface area contributed by atoms with Crippen LogP contribution in [0.4, 0.5) is 0 Å². The van der Waals surface area contributed by atoms with E-state index in [1.54, 1.807) is 6.92 Å². The van der Waals surface area contributed by atoms with Crippen molar-refractivity contribution < 1.29 is 32.7 Å². The summed E-state index contributed by atoms with van der Waals surface area (Å²) < 4.78 is 0. The Morgan fingerprint density at radius 2 is 1.57 bits per heavy atom. The fourth-order valence-electron chi connectivity index (χ4n) is 0. The van der Waals surface area contributed by atoms with Gasteiger partial charge in [-0.15, -0.1) is 0 Å². The molecule has 0 N–H and O–H groups in total. The summed E-state index contributed by atoms with van der Waals surface area (Å²) in [5.74, 6) is 0. The second kappa shape index (κ2) is 27.5. The predicted octanol–water partition coefficient (Wildman–Crippen LogP) is 2.46. The molecule has 0 bridgehead atoms. The molecule has 0 radical (unpaired) electrons. The zero-order valence-electron chi connectivity index (χ0n) is 5.57. The molecule has 0 unspecified atom stereocenters. The third-order valence-electron chi connectivity index (χ3n) is 0.408. The van der Waals surface area contributed by atoms with E-state index in [0.717, 1.165) is 0 Å². The second-order valence-corrected chi connectivity index (χ2v) is 0.816. The minimum atomic E-state index is 0. The van der Waals surface area contributed by atoms with Crippen LogP contribution in [-0.2, 0) is 32.7 Å². The SMILES string of the molecule is C[CH-]CC.[CH2-]C.[Y+3]. The fourth-order valence-corrected chi connectivity index (χ4v) is 0. The first-order chi connectivity index (χ1) is 2.91. The summed E-state index contributed by atoms with van der Waals surface area (Å²) in [6.45, 7) is 9.18. The maximum absolute atomic E-state index is 3.25. The zero-order chi connectivity index (χ0) is 5.41. The van der Waals surface area contributed by atoms with Crippen LogP contribution in [0.3, 0.4) is 0 Å². The molecule has 0 aromatic carbocycles. The van der Waals surface area contributed by atoms with E-state index < -0.39 is 0 Å². The Bertz CT molecular complexity index is 6.14. The van der Waals surface area contributed by atoms with Gasteiger partial charge in [0.15, 0.2) is 0 Å². The molecule has 0 spiro atoms. The van der Waals surface area contributed by atoms with Crippen LogP contribution < -0.4 is 0 Å². The molecule has 0 nitrogen and oxygen atoms in total. The molecule has 40 valence electrons. The molecule has 0 rings (SSSR count). The van der Waals surface area contributed by atoms with Crippen molar-refractivity contribution in [3.8, 4) is 0 Å². The maximum Gasteiger partial charge on any atom is 3.00 e. The van der Waals surface area contributed by atoms with Gasteiger partial charge in [-0.2, -0.15) is 20.3 Å². The summed E-state index contributed by atoms with van der Waals surface area (Å²) in [6.07, 6.45) is 3.32. The van der Waals surface area contributed by atoms with Crippen molar-refractivity contribution in [2.24, 2.45) is 0 Å². The molecule has 0 amide bonds. The average molecular weight is 175 g/mol. The zero-order valence-corrected chi connectivity index (χ0v) is 8.41. The Balaban J connectivity index is -0.0000000480. The Morgan fingerprint density at radius 3 is 1.57 bits per heavy atom. The Labute approximate surface area is 73.0 Å². The van der Waals surface area contributed by atoms with E-state index in [2.05, 4.69) is 27.2 Å². The van der Waals surface area contributed by atoms with E-state index in [9.17, 15) is 0 Å². The maximum atomic E-state index is 3.25. The second-order valence-electron chi connectivity index (χ2n) is 0.816. The van der Waals surface area contributed by atoms with Crippen molar-refractivity contribution in [3.63, 3.8) is 0 Å². The van der Waals surface area contributed by atoms with Gasteiger partial charge >= 0.3 is 32.7 Å². The number of hydrogen-bond donors (Lipinski definition) is 0. The molecule has 0 aromatic heterocycles. The Morgan fingerprint density at radius 1 is 1.43 bits per heavy atom. The van der Waals surface area contributed by atoms with Gasteiger partial charge < -0.3 is 13.3 Å². The molecule has 0 fully saturated rings. The third kappa shape index (κ3) is 41.8. The minimum absolute atomic E-state index is 0. The van der Waals surface area contributed by atoms with Crippen LogP contribution in [0.15, 0.2) is 0 Å². The monoisotopic (exact) mass is 175 g/mol. The van der Waals surface area contributed by atoms with E-state index in [-0.39, 0.29) is 32.7 Å². The Hall–Kier alpha value is 1.10. The number of hydrogen-bond acceptors (Lipinski definition) is 0. The van der Waals surface area contributed by atoms with E-state index in [1.165, 1.54) is 6.42 Å². The first-order valence-corrected chi connectivity index (χ1v) is 2.40. The van der Waals surface area contributed by atoms with Crippen LogP contribution in [0.2, 0.25) is 0 Å². The van der Waals surface area contributed by atoms with Crippen molar-refractivity contribution >= 4 is 0 Å². The summed E-state index contributed by atoms with van der Waals surface area (Å²) in [5, 5.41) is 0.